The Hall–Kier alpha value is -2.09. The van der Waals surface area contributed by atoms with Crippen LogP contribution in [-0.2, 0) is 0 Å². The van der Waals surface area contributed by atoms with Crippen LogP contribution < -0.4 is 5.43 Å². The lowest BCUT2D eigenvalue weighted by Gasteiger charge is -2.26. The minimum Gasteiger partial charge on any atom is -0.396 e. The minimum absolute atomic E-state index is 0.228. The van der Waals surface area contributed by atoms with Crippen LogP contribution in [-0.4, -0.2) is 45.5 Å². The fourth-order valence-electron chi connectivity index (χ4n) is 3.85. The highest BCUT2D eigenvalue weighted by atomic mass is 35.5. The second-order valence-corrected chi connectivity index (χ2v) is 9.68. The van der Waals surface area contributed by atoms with E-state index in [9.17, 15) is 4.79 Å². The zero-order valence-electron chi connectivity index (χ0n) is 20.0. The summed E-state index contributed by atoms with van der Waals surface area (Å²) in [4.78, 5) is 13.1. The number of benzene rings is 2. The lowest BCUT2D eigenvalue weighted by atomic mass is 10.1. The molecule has 1 aromatic heterocycles. The largest absolute Gasteiger partial charge is 0.396 e. The third-order valence-corrected chi connectivity index (χ3v) is 6.51. The third kappa shape index (κ3) is 7.21. The number of hydrogen-bond acceptors (Lipinski definition) is 4. The molecule has 1 aliphatic rings. The number of rotatable bonds is 6. The van der Waals surface area contributed by atoms with Gasteiger partial charge in [0.15, 0.2) is 5.69 Å². The molecule has 9 heteroatoms. The van der Waals surface area contributed by atoms with Crippen LogP contribution in [0, 0.1) is 6.92 Å². The molecule has 1 saturated heterocycles. The lowest BCUT2D eigenvalue weighted by molar-refractivity contribution is 0.0743. The molecule has 35 heavy (non-hydrogen) atoms. The number of aliphatic hydroxyl groups excluding tert-OH is 1. The molecule has 4 rings (SSSR count). The fourth-order valence-corrected chi connectivity index (χ4v) is 4.46. The van der Waals surface area contributed by atoms with Crippen molar-refractivity contribution in [2.45, 2.75) is 46.0 Å². The van der Waals surface area contributed by atoms with Crippen LogP contribution >= 0.6 is 34.8 Å². The van der Waals surface area contributed by atoms with Gasteiger partial charge >= 0.3 is 0 Å². The number of aromatic nitrogens is 2. The van der Waals surface area contributed by atoms with Gasteiger partial charge < -0.3 is 5.11 Å². The van der Waals surface area contributed by atoms with Gasteiger partial charge in [-0.05, 0) is 56.5 Å². The van der Waals surface area contributed by atoms with Gasteiger partial charge in [0, 0.05) is 40.9 Å². The highest BCUT2D eigenvalue weighted by Gasteiger charge is 2.24. The number of hydrogen-bond donors (Lipinski definition) is 2. The molecule has 0 saturated carbocycles. The number of piperidine rings is 1. The summed E-state index contributed by atoms with van der Waals surface area (Å²) in [5, 5.41) is 16.3. The van der Waals surface area contributed by atoms with Crippen LogP contribution in [0.3, 0.4) is 0 Å². The van der Waals surface area contributed by atoms with E-state index in [1.54, 1.807) is 22.9 Å². The van der Waals surface area contributed by atoms with Gasteiger partial charge in [0.1, 0.15) is 0 Å². The molecule has 0 spiro atoms. The Balaban J connectivity index is 0.000000623. The number of carbonyl (C=O) groups excluding carboxylic acids is 1. The van der Waals surface area contributed by atoms with Crippen LogP contribution in [0.1, 0.15) is 55.1 Å². The molecule has 2 N–H and O–H groups in total. The van der Waals surface area contributed by atoms with E-state index in [1.807, 2.05) is 36.2 Å². The monoisotopic (exact) mass is 536 g/mol. The molecule has 0 atom stereocenters. The van der Waals surface area contributed by atoms with Crippen molar-refractivity contribution < 1.29 is 9.90 Å². The van der Waals surface area contributed by atoms with Crippen molar-refractivity contribution >= 4 is 40.7 Å². The number of nitrogens with one attached hydrogen (secondary N) is 1. The molecule has 0 radical (unpaired) electrons. The molecule has 2 heterocycles. The van der Waals surface area contributed by atoms with Crippen molar-refractivity contribution in [3.05, 3.63) is 68.8 Å². The maximum absolute atomic E-state index is 13.1. The van der Waals surface area contributed by atoms with Crippen LogP contribution in [0.2, 0.25) is 15.1 Å². The Kier molecular flexibility index (Phi) is 10.4. The molecule has 188 valence electrons. The third-order valence-electron chi connectivity index (χ3n) is 5.72. The summed E-state index contributed by atoms with van der Waals surface area (Å²) in [6.07, 6.45) is 5.38. The molecule has 0 aliphatic carbocycles. The first kappa shape index (κ1) is 27.5. The van der Waals surface area contributed by atoms with E-state index < -0.39 is 0 Å². The topological polar surface area (TPSA) is 70.4 Å². The van der Waals surface area contributed by atoms with Crippen molar-refractivity contribution in [2.75, 3.05) is 19.7 Å². The Bertz CT molecular complexity index is 1120. The van der Waals surface area contributed by atoms with E-state index >= 15 is 0 Å². The van der Waals surface area contributed by atoms with Gasteiger partial charge in [0.25, 0.3) is 5.91 Å². The highest BCUT2D eigenvalue weighted by molar-refractivity contribution is 6.35. The van der Waals surface area contributed by atoms with Crippen molar-refractivity contribution in [3.63, 3.8) is 0 Å². The molecular formula is C26H31Cl3N4O2. The number of unbranched alkanes of at least 4 members (excludes halogenated alkanes) is 1. The van der Waals surface area contributed by atoms with Crippen molar-refractivity contribution in [3.8, 4) is 16.9 Å². The van der Waals surface area contributed by atoms with E-state index in [0.717, 1.165) is 55.6 Å². The summed E-state index contributed by atoms with van der Waals surface area (Å²) in [6.45, 7) is 5.98. The molecule has 1 aliphatic heterocycles. The second-order valence-electron chi connectivity index (χ2n) is 8.40. The minimum atomic E-state index is -0.228. The van der Waals surface area contributed by atoms with Crippen LogP contribution in [0.25, 0.3) is 16.9 Å². The van der Waals surface area contributed by atoms with Gasteiger partial charge in [-0.3, -0.25) is 10.2 Å². The van der Waals surface area contributed by atoms with Crippen LogP contribution in [0.4, 0.5) is 0 Å². The number of halogens is 3. The van der Waals surface area contributed by atoms with Gasteiger partial charge in [0.05, 0.1) is 16.4 Å². The van der Waals surface area contributed by atoms with E-state index in [-0.39, 0.29) is 5.91 Å². The van der Waals surface area contributed by atoms with E-state index in [1.165, 1.54) is 6.42 Å². The molecule has 0 unspecified atom stereocenters. The maximum atomic E-state index is 13.1. The first-order chi connectivity index (χ1) is 16.8. The summed E-state index contributed by atoms with van der Waals surface area (Å²) in [5.41, 5.74) is 6.42. The van der Waals surface area contributed by atoms with Crippen molar-refractivity contribution in [1.82, 2.24) is 20.2 Å². The Morgan fingerprint density at radius 2 is 1.69 bits per heavy atom. The van der Waals surface area contributed by atoms with E-state index in [0.29, 0.717) is 33.1 Å². The summed E-state index contributed by atoms with van der Waals surface area (Å²) < 4.78 is 1.70. The quantitative estimate of drug-likeness (QED) is 0.366. The predicted molar refractivity (Wildman–Crippen MR) is 144 cm³/mol. The smallest absolute Gasteiger partial charge is 0.286 e. The van der Waals surface area contributed by atoms with Crippen molar-refractivity contribution in [2.24, 2.45) is 0 Å². The Morgan fingerprint density at radius 1 is 1.03 bits per heavy atom. The standard InChI is InChI=1S/C22H21Cl3N4O.C4H10O/c1-14-20(22(30)27-28-11-3-2-4-12-28)26-29(19-10-9-17(24)13-18(19)25)21(14)15-5-7-16(23)8-6-15;1-2-3-4-5/h5-10,13H,2-4,11-12H2,1H3,(H,27,30);5H,2-4H2,1H3. The summed E-state index contributed by atoms with van der Waals surface area (Å²) in [6, 6.07) is 12.6. The van der Waals surface area contributed by atoms with Crippen LogP contribution in [0.5, 0.6) is 0 Å². The van der Waals surface area contributed by atoms with Gasteiger partial charge in [-0.25, -0.2) is 9.69 Å². The summed E-state index contributed by atoms with van der Waals surface area (Å²) >= 11 is 18.6. The van der Waals surface area contributed by atoms with E-state index in [2.05, 4.69) is 17.4 Å². The molecular weight excluding hydrogens is 507 g/mol. The molecule has 6 nitrogen and oxygen atoms in total. The van der Waals surface area contributed by atoms with Crippen molar-refractivity contribution in [1.29, 1.82) is 0 Å². The van der Waals surface area contributed by atoms with Gasteiger partial charge in [-0.1, -0.05) is 66.7 Å². The zero-order valence-corrected chi connectivity index (χ0v) is 22.3. The average Bonchev–Trinajstić information content (AvgIpc) is 3.18. The predicted octanol–water partition coefficient (Wildman–Crippen LogP) is 6.72. The molecule has 1 amide bonds. The highest BCUT2D eigenvalue weighted by Crippen LogP contribution is 2.33. The number of hydrazine groups is 1. The lowest BCUT2D eigenvalue weighted by Crippen LogP contribution is -2.45. The molecule has 1 fully saturated rings. The van der Waals surface area contributed by atoms with Gasteiger partial charge in [0.2, 0.25) is 0 Å². The van der Waals surface area contributed by atoms with Gasteiger partial charge in [-0.15, -0.1) is 0 Å². The first-order valence-electron chi connectivity index (χ1n) is 11.8. The van der Waals surface area contributed by atoms with E-state index in [4.69, 9.17) is 39.9 Å². The van der Waals surface area contributed by atoms with Gasteiger partial charge in [-0.2, -0.15) is 5.10 Å². The normalized spacial score (nSPS) is 13.8. The number of carbonyl (C=O) groups is 1. The SMILES string of the molecule is CCCCO.Cc1c(C(=O)NN2CCCCC2)nn(-c2ccc(Cl)cc2Cl)c1-c1ccc(Cl)cc1. The summed E-state index contributed by atoms with van der Waals surface area (Å²) in [7, 11) is 0. The first-order valence-corrected chi connectivity index (χ1v) is 13.0. The average molecular weight is 538 g/mol. The zero-order chi connectivity index (χ0) is 25.4. The molecule has 2 aromatic carbocycles. The van der Waals surface area contributed by atoms with Crippen LogP contribution in [0.15, 0.2) is 42.5 Å². The fraction of sp³-hybridized carbons (Fsp3) is 0.385. The Labute approximate surface area is 221 Å². The maximum Gasteiger partial charge on any atom is 0.286 e. The number of amides is 1. The number of aliphatic hydroxyl groups is 1. The number of nitrogens with zero attached hydrogens (tertiary/aromatic N) is 3. The molecule has 0 bridgehead atoms. The second kappa shape index (κ2) is 13.3. The summed E-state index contributed by atoms with van der Waals surface area (Å²) in [5.74, 6) is -0.228. The molecule has 3 aromatic rings. The Morgan fingerprint density at radius 3 is 2.26 bits per heavy atom.